The van der Waals surface area contributed by atoms with Gasteiger partial charge in [-0.05, 0) is 30.8 Å². The van der Waals surface area contributed by atoms with Crippen molar-refractivity contribution in [2.24, 2.45) is 0 Å². The molecule has 4 aromatic heterocycles. The van der Waals surface area contributed by atoms with Crippen molar-refractivity contribution in [1.29, 1.82) is 0 Å². The second-order valence-corrected chi connectivity index (χ2v) is 9.41. The van der Waals surface area contributed by atoms with Gasteiger partial charge in [-0.25, -0.2) is 9.97 Å². The lowest BCUT2D eigenvalue weighted by Crippen LogP contribution is -2.31. The fourth-order valence-electron chi connectivity index (χ4n) is 5.30. The molecule has 0 aliphatic carbocycles. The molecule has 6 rings (SSSR count). The molecule has 0 saturated carbocycles. The van der Waals surface area contributed by atoms with Crippen LogP contribution in [0.4, 0.5) is 0 Å². The minimum Gasteiger partial charge on any atom is -0.378 e. The molecule has 2 amide bonds. The zero-order chi connectivity index (χ0) is 26.1. The van der Waals surface area contributed by atoms with Gasteiger partial charge in [-0.1, -0.05) is 6.92 Å². The van der Waals surface area contributed by atoms with Crippen molar-refractivity contribution in [3.8, 4) is 0 Å². The first-order valence-electron chi connectivity index (χ1n) is 13.0. The maximum atomic E-state index is 13.2. The molecule has 10 heteroatoms. The van der Waals surface area contributed by atoms with Crippen LogP contribution in [0.15, 0.2) is 49.1 Å². The topological polar surface area (TPSA) is 104 Å². The number of hydrogen-bond acceptors (Lipinski definition) is 7. The highest BCUT2D eigenvalue weighted by atomic mass is 16.5. The van der Waals surface area contributed by atoms with E-state index in [1.807, 2.05) is 45.8 Å². The quantitative estimate of drug-likeness (QED) is 0.389. The number of fused-ring (bicyclic) bond motifs is 12. The van der Waals surface area contributed by atoms with E-state index in [9.17, 15) is 9.59 Å². The van der Waals surface area contributed by atoms with E-state index < -0.39 is 11.8 Å². The van der Waals surface area contributed by atoms with E-state index in [0.717, 1.165) is 41.7 Å². The molecule has 2 aliphatic rings. The Morgan fingerprint density at radius 3 is 1.71 bits per heavy atom. The van der Waals surface area contributed by atoms with Crippen molar-refractivity contribution in [2.45, 2.75) is 20.0 Å². The highest BCUT2D eigenvalue weighted by Gasteiger charge is 2.35. The van der Waals surface area contributed by atoms with Crippen LogP contribution in [0.2, 0.25) is 0 Å². The number of amides is 2. The summed E-state index contributed by atoms with van der Waals surface area (Å²) < 4.78 is 15.9. The number of carbonyl (C=O) groups excluding carboxylic acids is 2. The number of nitrogens with one attached hydrogen (secondary N) is 1. The number of aromatic nitrogens is 4. The van der Waals surface area contributed by atoms with Gasteiger partial charge in [0.1, 0.15) is 11.3 Å². The molecule has 4 bridgehead atoms. The lowest BCUT2D eigenvalue weighted by atomic mass is 9.96. The minimum absolute atomic E-state index is 0.350. The number of ether oxygens (including phenoxy) is 2. The van der Waals surface area contributed by atoms with E-state index in [1.165, 1.54) is 0 Å². The van der Waals surface area contributed by atoms with Crippen molar-refractivity contribution < 1.29 is 19.1 Å². The fraction of sp³-hybridized carbons (Fsp3) is 0.357. The summed E-state index contributed by atoms with van der Waals surface area (Å²) in [6, 6.07) is 7.55. The van der Waals surface area contributed by atoms with Gasteiger partial charge in [0.2, 0.25) is 0 Å². The molecular weight excluding hydrogens is 484 g/mol. The summed E-state index contributed by atoms with van der Waals surface area (Å²) >= 11 is 0. The number of nitrogens with zero attached hydrogens (tertiary/aromatic N) is 5. The largest absolute Gasteiger partial charge is 0.378 e. The molecule has 2 aliphatic heterocycles. The van der Waals surface area contributed by atoms with Crippen LogP contribution in [0, 0.1) is 0 Å². The van der Waals surface area contributed by atoms with Crippen molar-refractivity contribution in [3.63, 3.8) is 0 Å². The third kappa shape index (κ3) is 4.40. The Kier molecular flexibility index (Phi) is 6.75. The number of pyridine rings is 2. The molecule has 0 fully saturated rings. The van der Waals surface area contributed by atoms with E-state index in [1.54, 1.807) is 12.4 Å². The Balaban J connectivity index is 1.51. The van der Waals surface area contributed by atoms with Crippen LogP contribution in [0.3, 0.4) is 0 Å². The van der Waals surface area contributed by atoms with Gasteiger partial charge < -0.3 is 18.6 Å². The fourth-order valence-corrected chi connectivity index (χ4v) is 5.30. The molecule has 0 radical (unpaired) electrons. The van der Waals surface area contributed by atoms with Crippen molar-refractivity contribution in [2.75, 3.05) is 46.1 Å². The van der Waals surface area contributed by atoms with Crippen molar-refractivity contribution in [1.82, 2.24) is 29.3 Å². The molecule has 6 heterocycles. The van der Waals surface area contributed by atoms with Gasteiger partial charge in [-0.3, -0.25) is 19.8 Å². The number of carbonyl (C=O) groups is 2. The summed E-state index contributed by atoms with van der Waals surface area (Å²) in [5.41, 5.74) is 3.54. The molecular formula is C28H30N6O4. The molecule has 4 aromatic rings. The SMILES string of the molecule is CCN1CCOCCn2cc(c3cccnc32)C2=C(C(=O)NC2=O)c2cn(c3ncccc23)CCOCC1. The average molecular weight is 515 g/mol. The first-order valence-corrected chi connectivity index (χ1v) is 13.0. The summed E-state index contributed by atoms with van der Waals surface area (Å²) in [6.07, 6.45) is 7.29. The number of imide groups is 1. The Morgan fingerprint density at radius 1 is 0.763 bits per heavy atom. The number of hydrogen-bond donors (Lipinski definition) is 1. The molecule has 38 heavy (non-hydrogen) atoms. The summed E-state index contributed by atoms with van der Waals surface area (Å²) in [5.74, 6) is -0.828. The van der Waals surface area contributed by atoms with E-state index in [0.29, 0.717) is 61.8 Å². The van der Waals surface area contributed by atoms with Gasteiger partial charge in [0.05, 0.1) is 37.6 Å². The first-order chi connectivity index (χ1) is 18.7. The predicted octanol–water partition coefficient (Wildman–Crippen LogP) is 2.32. The number of rotatable bonds is 1. The third-order valence-corrected chi connectivity index (χ3v) is 7.24. The van der Waals surface area contributed by atoms with Crippen LogP contribution >= 0.6 is 0 Å². The van der Waals surface area contributed by atoms with Gasteiger partial charge in [0.15, 0.2) is 0 Å². The number of likely N-dealkylation sites (N-methyl/N-ethyl adjacent to an activating group) is 1. The second-order valence-electron chi connectivity index (χ2n) is 9.41. The lowest BCUT2D eigenvalue weighted by molar-refractivity contribution is -0.122. The smallest absolute Gasteiger partial charge is 0.259 e. The van der Waals surface area contributed by atoms with Crippen LogP contribution in [-0.2, 0) is 32.2 Å². The van der Waals surface area contributed by atoms with Gasteiger partial charge in [0, 0.05) is 72.9 Å². The molecule has 1 N–H and O–H groups in total. The monoisotopic (exact) mass is 514 g/mol. The Labute approximate surface area is 219 Å². The molecule has 0 unspecified atom stereocenters. The molecule has 0 saturated heterocycles. The van der Waals surface area contributed by atoms with Crippen LogP contribution in [0.1, 0.15) is 18.1 Å². The van der Waals surface area contributed by atoms with E-state index >= 15 is 0 Å². The van der Waals surface area contributed by atoms with E-state index in [4.69, 9.17) is 9.47 Å². The maximum absolute atomic E-state index is 13.2. The van der Waals surface area contributed by atoms with E-state index in [-0.39, 0.29) is 0 Å². The molecule has 0 atom stereocenters. The normalized spacial score (nSPS) is 18.3. The van der Waals surface area contributed by atoms with Crippen LogP contribution in [0.25, 0.3) is 33.2 Å². The van der Waals surface area contributed by atoms with Gasteiger partial charge in [-0.15, -0.1) is 0 Å². The Morgan fingerprint density at radius 2 is 1.24 bits per heavy atom. The Bertz CT molecular complexity index is 1440. The highest BCUT2D eigenvalue weighted by molar-refractivity contribution is 6.50. The average Bonchev–Trinajstić information content (AvgIpc) is 3.57. The summed E-state index contributed by atoms with van der Waals surface area (Å²) in [7, 11) is 0. The van der Waals surface area contributed by atoms with Crippen LogP contribution < -0.4 is 5.32 Å². The zero-order valence-electron chi connectivity index (χ0n) is 21.4. The van der Waals surface area contributed by atoms with E-state index in [2.05, 4.69) is 27.1 Å². The molecule has 0 aromatic carbocycles. The summed E-state index contributed by atoms with van der Waals surface area (Å²) in [6.45, 7) is 8.09. The zero-order valence-corrected chi connectivity index (χ0v) is 21.4. The van der Waals surface area contributed by atoms with Gasteiger partial charge in [0.25, 0.3) is 11.8 Å². The van der Waals surface area contributed by atoms with Crippen LogP contribution in [-0.4, -0.2) is 81.9 Å². The second kappa shape index (κ2) is 10.5. The standard InChI is InChI=1S/C28H30N6O4/c1-2-32-9-13-37-15-11-33-17-21(19-5-3-7-29-25(19)33)23-24(28(36)31-27(23)35)22-18-34(12-16-38-14-10-32)26-20(22)6-4-8-30-26/h3-8,17-18H,2,9-16H2,1H3,(H,31,35,36). The van der Waals surface area contributed by atoms with Crippen molar-refractivity contribution >= 4 is 45.0 Å². The molecule has 10 nitrogen and oxygen atoms in total. The minimum atomic E-state index is -0.414. The summed E-state index contributed by atoms with van der Waals surface area (Å²) in [5, 5.41) is 4.15. The maximum Gasteiger partial charge on any atom is 0.259 e. The Hall–Kier alpha value is -3.86. The van der Waals surface area contributed by atoms with Crippen molar-refractivity contribution in [3.05, 3.63) is 60.2 Å². The highest BCUT2D eigenvalue weighted by Crippen LogP contribution is 2.38. The summed E-state index contributed by atoms with van der Waals surface area (Å²) in [4.78, 5) is 38.0. The first kappa shape index (κ1) is 24.5. The lowest BCUT2D eigenvalue weighted by Gasteiger charge is -2.20. The van der Waals surface area contributed by atoms with Gasteiger partial charge in [-0.2, -0.15) is 0 Å². The molecule has 196 valence electrons. The third-order valence-electron chi connectivity index (χ3n) is 7.24. The van der Waals surface area contributed by atoms with Crippen LogP contribution in [0.5, 0.6) is 0 Å². The predicted molar refractivity (Wildman–Crippen MR) is 143 cm³/mol. The molecule has 0 spiro atoms. The van der Waals surface area contributed by atoms with Gasteiger partial charge >= 0.3 is 0 Å².